The lowest BCUT2D eigenvalue weighted by Crippen LogP contribution is -2.17. The number of hydrogen-bond acceptors (Lipinski definition) is 5. The Morgan fingerprint density at radius 1 is 1.15 bits per heavy atom. The second kappa shape index (κ2) is 6.35. The van der Waals surface area contributed by atoms with E-state index in [0.717, 1.165) is 34.7 Å². The molecule has 27 heavy (non-hydrogen) atoms. The van der Waals surface area contributed by atoms with E-state index in [9.17, 15) is 13.6 Å². The van der Waals surface area contributed by atoms with Gasteiger partial charge in [-0.3, -0.25) is 4.98 Å². The van der Waals surface area contributed by atoms with Crippen LogP contribution in [0.3, 0.4) is 0 Å². The normalized spacial score (nSPS) is 12.4. The molecule has 0 unspecified atom stereocenters. The van der Waals surface area contributed by atoms with Gasteiger partial charge in [0.2, 0.25) is 0 Å². The van der Waals surface area contributed by atoms with E-state index < -0.39 is 17.6 Å². The standard InChI is InChI=1S/C20H14F2N2O3/c1-24-8-6-15-17-11(5-7-23-15)10-16(26-2)19(18(17)24)27-20(25)12-3-4-13(21)14(22)9-12/h3-10H,1-2H3. The number of esters is 1. The number of aromatic nitrogens is 1. The fourth-order valence-corrected chi connectivity index (χ4v) is 3.05. The molecule has 136 valence electrons. The van der Waals surface area contributed by atoms with Gasteiger partial charge in [0.1, 0.15) is 0 Å². The molecule has 0 amide bonds. The maximum Gasteiger partial charge on any atom is 0.343 e. The van der Waals surface area contributed by atoms with Crippen molar-refractivity contribution in [3.05, 3.63) is 65.6 Å². The maximum absolute atomic E-state index is 13.5. The Morgan fingerprint density at radius 2 is 1.96 bits per heavy atom. The van der Waals surface area contributed by atoms with Crippen LogP contribution in [0.2, 0.25) is 0 Å². The highest BCUT2D eigenvalue weighted by Crippen LogP contribution is 2.46. The Balaban J connectivity index is 1.86. The topological polar surface area (TPSA) is 51.7 Å². The molecular formula is C20H14F2N2O3. The van der Waals surface area contributed by atoms with Gasteiger partial charge in [-0.15, -0.1) is 0 Å². The Kier molecular flexibility index (Phi) is 3.99. The minimum atomic E-state index is -1.12. The molecule has 0 saturated heterocycles. The summed E-state index contributed by atoms with van der Waals surface area (Å²) in [5.74, 6) is -2.46. The van der Waals surface area contributed by atoms with Crippen LogP contribution >= 0.6 is 0 Å². The molecule has 4 rings (SSSR count). The van der Waals surface area contributed by atoms with Crippen LogP contribution in [0.25, 0.3) is 16.8 Å². The number of halogens is 2. The molecule has 2 aromatic carbocycles. The number of benzene rings is 2. The highest BCUT2D eigenvalue weighted by Gasteiger charge is 2.25. The predicted molar refractivity (Wildman–Crippen MR) is 97.0 cm³/mol. The summed E-state index contributed by atoms with van der Waals surface area (Å²) in [6.07, 6.45) is 5.32. The minimum Gasteiger partial charge on any atom is -0.493 e. The fourth-order valence-electron chi connectivity index (χ4n) is 3.05. The number of methoxy groups -OCH3 is 1. The van der Waals surface area contributed by atoms with Gasteiger partial charge in [-0.05, 0) is 41.8 Å². The van der Waals surface area contributed by atoms with Gasteiger partial charge in [0.25, 0.3) is 0 Å². The maximum atomic E-state index is 13.5. The van der Waals surface area contributed by atoms with Gasteiger partial charge in [-0.25, -0.2) is 13.6 Å². The number of anilines is 1. The van der Waals surface area contributed by atoms with Crippen molar-refractivity contribution in [1.82, 2.24) is 4.98 Å². The number of rotatable bonds is 3. The van der Waals surface area contributed by atoms with Gasteiger partial charge in [0, 0.05) is 24.8 Å². The van der Waals surface area contributed by atoms with Gasteiger partial charge in [-0.2, -0.15) is 0 Å². The largest absolute Gasteiger partial charge is 0.493 e. The second-order valence-electron chi connectivity index (χ2n) is 6.00. The van der Waals surface area contributed by atoms with Crippen molar-refractivity contribution in [3.63, 3.8) is 0 Å². The summed E-state index contributed by atoms with van der Waals surface area (Å²) in [7, 11) is 3.26. The van der Waals surface area contributed by atoms with Crippen LogP contribution in [0.15, 0.2) is 42.7 Å². The number of carbonyl (C=O) groups is 1. The highest BCUT2D eigenvalue weighted by atomic mass is 19.2. The van der Waals surface area contributed by atoms with E-state index in [1.807, 2.05) is 12.1 Å². The van der Waals surface area contributed by atoms with Crippen molar-refractivity contribution < 1.29 is 23.0 Å². The van der Waals surface area contributed by atoms with Crippen LogP contribution in [0.5, 0.6) is 11.5 Å². The summed E-state index contributed by atoms with van der Waals surface area (Å²) >= 11 is 0. The Morgan fingerprint density at radius 3 is 2.70 bits per heavy atom. The lowest BCUT2D eigenvalue weighted by molar-refractivity contribution is 0.0730. The molecule has 0 bridgehead atoms. The third-order valence-corrected chi connectivity index (χ3v) is 4.35. The quantitative estimate of drug-likeness (QED) is 0.513. The molecule has 0 saturated carbocycles. The van der Waals surface area contributed by atoms with E-state index in [4.69, 9.17) is 9.47 Å². The second-order valence-corrected chi connectivity index (χ2v) is 6.00. The summed E-state index contributed by atoms with van der Waals surface area (Å²) in [5, 5.41) is 1.67. The van der Waals surface area contributed by atoms with E-state index in [-0.39, 0.29) is 11.3 Å². The van der Waals surface area contributed by atoms with E-state index in [1.165, 1.54) is 7.11 Å². The molecule has 0 aliphatic carbocycles. The first-order valence-corrected chi connectivity index (χ1v) is 8.07. The summed E-state index contributed by atoms with van der Waals surface area (Å²) in [6.45, 7) is 0. The molecule has 1 aliphatic heterocycles. The Bertz CT molecular complexity index is 1110. The van der Waals surface area contributed by atoms with Crippen molar-refractivity contribution in [2.24, 2.45) is 0 Å². The zero-order chi connectivity index (χ0) is 19.1. The molecule has 7 heteroatoms. The number of hydrogen-bond donors (Lipinski definition) is 0. The molecule has 2 heterocycles. The molecule has 0 N–H and O–H groups in total. The molecule has 0 radical (unpaired) electrons. The van der Waals surface area contributed by atoms with Gasteiger partial charge in [0.05, 0.1) is 24.1 Å². The van der Waals surface area contributed by atoms with Crippen molar-refractivity contribution in [2.75, 3.05) is 19.1 Å². The first-order chi connectivity index (χ1) is 13.0. The number of carbonyl (C=O) groups excluding carboxylic acids is 1. The van der Waals surface area contributed by atoms with Gasteiger partial charge < -0.3 is 14.4 Å². The third-order valence-electron chi connectivity index (χ3n) is 4.35. The molecular weight excluding hydrogens is 354 g/mol. The lowest BCUT2D eigenvalue weighted by atomic mass is 10.0. The monoisotopic (exact) mass is 368 g/mol. The van der Waals surface area contributed by atoms with Gasteiger partial charge in [-0.1, -0.05) is 0 Å². The van der Waals surface area contributed by atoms with Crippen molar-refractivity contribution in [2.45, 2.75) is 0 Å². The molecule has 5 nitrogen and oxygen atoms in total. The SMILES string of the molecule is COc1cc2ccnc3c2c(c1OC(=O)c1ccc(F)c(F)c1)N(C)C=C3. The zero-order valence-electron chi connectivity index (χ0n) is 14.5. The molecule has 1 aliphatic rings. The van der Waals surface area contributed by atoms with Crippen LogP contribution in [0, 0.1) is 11.6 Å². The summed E-state index contributed by atoms with van der Waals surface area (Å²) in [4.78, 5) is 18.7. The van der Waals surface area contributed by atoms with Gasteiger partial charge in [0.15, 0.2) is 23.1 Å². The van der Waals surface area contributed by atoms with E-state index >= 15 is 0 Å². The highest BCUT2D eigenvalue weighted by molar-refractivity contribution is 6.07. The Hall–Kier alpha value is -3.48. The van der Waals surface area contributed by atoms with Crippen LogP contribution in [0.4, 0.5) is 14.5 Å². The minimum absolute atomic E-state index is 0.108. The smallest absolute Gasteiger partial charge is 0.343 e. The average molecular weight is 368 g/mol. The van der Waals surface area contributed by atoms with Crippen LogP contribution in [-0.4, -0.2) is 25.1 Å². The van der Waals surface area contributed by atoms with Crippen molar-refractivity contribution in [3.8, 4) is 11.5 Å². The first kappa shape index (κ1) is 17.0. The Labute approximate surface area is 153 Å². The lowest BCUT2D eigenvalue weighted by Gasteiger charge is -2.25. The number of pyridine rings is 1. The number of ether oxygens (including phenoxy) is 2. The summed E-state index contributed by atoms with van der Waals surface area (Å²) in [5.41, 5.74) is 1.22. The van der Waals surface area contributed by atoms with E-state index in [0.29, 0.717) is 11.4 Å². The van der Waals surface area contributed by atoms with Crippen LogP contribution in [0.1, 0.15) is 16.1 Å². The van der Waals surface area contributed by atoms with Gasteiger partial charge >= 0.3 is 5.97 Å². The van der Waals surface area contributed by atoms with E-state index in [1.54, 1.807) is 30.4 Å². The molecule has 0 spiro atoms. The number of nitrogens with zero attached hydrogens (tertiary/aromatic N) is 2. The third kappa shape index (κ3) is 2.77. The van der Waals surface area contributed by atoms with Crippen LogP contribution in [-0.2, 0) is 0 Å². The van der Waals surface area contributed by atoms with E-state index in [2.05, 4.69) is 4.98 Å². The first-order valence-electron chi connectivity index (χ1n) is 8.07. The molecule has 0 atom stereocenters. The summed E-state index contributed by atoms with van der Waals surface area (Å²) in [6, 6.07) is 6.41. The average Bonchev–Trinajstić information content (AvgIpc) is 2.67. The van der Waals surface area contributed by atoms with Crippen LogP contribution < -0.4 is 14.4 Å². The van der Waals surface area contributed by atoms with Crippen molar-refractivity contribution in [1.29, 1.82) is 0 Å². The fraction of sp³-hybridized carbons (Fsp3) is 0.100. The molecule has 1 aromatic heterocycles. The predicted octanol–water partition coefficient (Wildman–Crippen LogP) is 4.16. The zero-order valence-corrected chi connectivity index (χ0v) is 14.5. The molecule has 0 fully saturated rings. The van der Waals surface area contributed by atoms with Crippen molar-refractivity contribution >= 4 is 28.5 Å². The summed E-state index contributed by atoms with van der Waals surface area (Å²) < 4.78 is 37.6. The molecule has 3 aromatic rings.